The molecule has 0 radical (unpaired) electrons. The molecule has 0 aromatic carbocycles. The van der Waals surface area contributed by atoms with Crippen LogP contribution >= 0.6 is 0 Å². The number of epoxide rings is 1. The second-order valence-electron chi connectivity index (χ2n) is 6.22. The minimum absolute atomic E-state index is 0.218. The Bertz CT molecular complexity index is 270. The second kappa shape index (κ2) is 5.61. The minimum Gasteiger partial charge on any atom is -0.370 e. The van der Waals surface area contributed by atoms with E-state index >= 15 is 0 Å². The second-order valence-corrected chi connectivity index (χ2v) is 6.93. The molecule has 0 aromatic heterocycles. The molecule has 3 atom stereocenters. The van der Waals surface area contributed by atoms with Gasteiger partial charge in [-0.2, -0.15) is 0 Å². The summed E-state index contributed by atoms with van der Waals surface area (Å²) in [6.45, 7) is 8.42. The Kier molecular flexibility index (Phi) is 4.52. The number of ether oxygens (including phenoxy) is 3. The van der Waals surface area contributed by atoms with Crippen molar-refractivity contribution in [1.82, 2.24) is 0 Å². The van der Waals surface area contributed by atoms with Crippen molar-refractivity contribution in [2.75, 3.05) is 0 Å². The number of hydrogen-bond donors (Lipinski definition) is 0. The van der Waals surface area contributed by atoms with Gasteiger partial charge in [-0.25, -0.2) is 0 Å². The van der Waals surface area contributed by atoms with Gasteiger partial charge in [-0.05, 0) is 53.0 Å². The van der Waals surface area contributed by atoms with Crippen LogP contribution in [-0.4, -0.2) is 40.4 Å². The molecule has 0 spiro atoms. The average Bonchev–Trinajstić information content (AvgIpc) is 3.04. The van der Waals surface area contributed by atoms with E-state index in [0.717, 1.165) is 22.7 Å². The first-order valence-corrected chi connectivity index (χ1v) is 8.89. The van der Waals surface area contributed by atoms with Crippen LogP contribution in [0.15, 0.2) is 0 Å². The van der Waals surface area contributed by atoms with E-state index in [2.05, 4.69) is 27.7 Å². The first-order valence-electron chi connectivity index (χ1n) is 7.48. The molecule has 3 nitrogen and oxygen atoms in total. The molecule has 1 aliphatic heterocycles. The quantitative estimate of drug-likeness (QED) is 0.420. The molecule has 4 heteroatoms. The Labute approximate surface area is 114 Å². The Morgan fingerprint density at radius 1 is 1.11 bits per heavy atom. The lowest BCUT2D eigenvalue weighted by atomic mass is 9.83. The van der Waals surface area contributed by atoms with Crippen LogP contribution < -0.4 is 0 Å². The van der Waals surface area contributed by atoms with E-state index in [0.29, 0.717) is 18.1 Å². The van der Waals surface area contributed by atoms with Gasteiger partial charge in [-0.1, -0.05) is 0 Å². The summed E-state index contributed by atoms with van der Waals surface area (Å²) >= 11 is 0. The van der Waals surface area contributed by atoms with Gasteiger partial charge in [-0.3, -0.25) is 0 Å². The largest absolute Gasteiger partial charge is 0.370 e. The fourth-order valence-electron chi connectivity index (χ4n) is 3.28. The first kappa shape index (κ1) is 14.5. The van der Waals surface area contributed by atoms with Crippen LogP contribution in [0, 0.1) is 5.92 Å². The standard InChI is InChI=1S/C14H28O3Si/c1-9(2)16-14(8-18,17-10(3)4)11-5-6-12-13(7-11)15-12/h9-13H,5-8H2,1-4,18H3. The van der Waals surface area contributed by atoms with Gasteiger partial charge in [-0.15, -0.1) is 0 Å². The third kappa shape index (κ3) is 3.16. The van der Waals surface area contributed by atoms with E-state index < -0.39 is 0 Å². The summed E-state index contributed by atoms with van der Waals surface area (Å²) in [5.74, 6) is 0.148. The molecule has 0 aromatic rings. The highest BCUT2D eigenvalue weighted by atomic mass is 28.1. The molecular formula is C14H28O3Si. The van der Waals surface area contributed by atoms with Crippen LogP contribution in [0.1, 0.15) is 47.0 Å². The number of fused-ring (bicyclic) bond motifs is 1. The summed E-state index contributed by atoms with van der Waals surface area (Å²) in [7, 11) is 1.11. The lowest BCUT2D eigenvalue weighted by Gasteiger charge is -2.43. The molecule has 2 aliphatic rings. The van der Waals surface area contributed by atoms with Crippen molar-refractivity contribution >= 4 is 10.2 Å². The smallest absolute Gasteiger partial charge is 0.168 e. The summed E-state index contributed by atoms with van der Waals surface area (Å²) < 4.78 is 18.2. The topological polar surface area (TPSA) is 31.0 Å². The van der Waals surface area contributed by atoms with Crippen molar-refractivity contribution in [2.24, 2.45) is 5.92 Å². The molecule has 106 valence electrons. The van der Waals surface area contributed by atoms with Crippen LogP contribution in [0.3, 0.4) is 0 Å². The highest BCUT2D eigenvalue weighted by Gasteiger charge is 2.51. The van der Waals surface area contributed by atoms with Gasteiger partial charge < -0.3 is 14.2 Å². The van der Waals surface area contributed by atoms with Crippen LogP contribution in [0.2, 0.25) is 6.04 Å². The van der Waals surface area contributed by atoms with Crippen LogP contribution in [0.25, 0.3) is 0 Å². The Morgan fingerprint density at radius 2 is 1.72 bits per heavy atom. The van der Waals surface area contributed by atoms with E-state index in [1.165, 1.54) is 12.8 Å². The summed E-state index contributed by atoms with van der Waals surface area (Å²) in [5, 5.41) is 0. The normalized spacial score (nSPS) is 32.0. The van der Waals surface area contributed by atoms with Crippen LogP contribution in [0.4, 0.5) is 0 Å². The molecule has 2 fully saturated rings. The summed E-state index contributed by atoms with van der Waals surface area (Å²) in [5.41, 5.74) is 0. The maximum atomic E-state index is 6.26. The monoisotopic (exact) mass is 272 g/mol. The predicted molar refractivity (Wildman–Crippen MR) is 75.9 cm³/mol. The van der Waals surface area contributed by atoms with Gasteiger partial charge >= 0.3 is 0 Å². The summed E-state index contributed by atoms with van der Waals surface area (Å²) in [4.78, 5) is 0. The summed E-state index contributed by atoms with van der Waals surface area (Å²) in [6.07, 6.45) is 4.96. The average molecular weight is 272 g/mol. The van der Waals surface area contributed by atoms with Crippen molar-refractivity contribution in [3.8, 4) is 0 Å². The maximum Gasteiger partial charge on any atom is 0.168 e. The molecule has 3 unspecified atom stereocenters. The molecule has 2 rings (SSSR count). The van der Waals surface area contributed by atoms with Gasteiger partial charge in [0.05, 0.1) is 24.4 Å². The molecule has 1 heterocycles. The molecule has 1 saturated carbocycles. The molecule has 1 saturated heterocycles. The van der Waals surface area contributed by atoms with Crippen molar-refractivity contribution in [2.45, 2.75) is 83.2 Å². The summed E-state index contributed by atoms with van der Waals surface area (Å²) in [6, 6.07) is 1.05. The Balaban J connectivity index is 2.09. The fraction of sp³-hybridized carbons (Fsp3) is 1.00. The molecule has 0 N–H and O–H groups in total. The van der Waals surface area contributed by atoms with Gasteiger partial charge in [0.25, 0.3) is 0 Å². The van der Waals surface area contributed by atoms with Crippen molar-refractivity contribution < 1.29 is 14.2 Å². The molecule has 0 bridgehead atoms. The van der Waals surface area contributed by atoms with Crippen LogP contribution in [-0.2, 0) is 14.2 Å². The van der Waals surface area contributed by atoms with Gasteiger partial charge in [0.2, 0.25) is 0 Å². The third-order valence-electron chi connectivity index (χ3n) is 3.99. The van der Waals surface area contributed by atoms with Gasteiger partial charge in [0, 0.05) is 16.2 Å². The van der Waals surface area contributed by atoms with E-state index in [1.54, 1.807) is 0 Å². The Hall–Kier alpha value is 0.0969. The predicted octanol–water partition coefficient (Wildman–Crippen LogP) is 1.88. The lowest BCUT2D eigenvalue weighted by Crippen LogP contribution is -2.48. The van der Waals surface area contributed by atoms with Crippen LogP contribution in [0.5, 0.6) is 0 Å². The van der Waals surface area contributed by atoms with Crippen molar-refractivity contribution in [3.05, 3.63) is 0 Å². The van der Waals surface area contributed by atoms with E-state index in [-0.39, 0.29) is 18.0 Å². The van der Waals surface area contributed by atoms with Crippen molar-refractivity contribution in [1.29, 1.82) is 0 Å². The maximum absolute atomic E-state index is 6.26. The molecule has 1 aliphatic carbocycles. The molecule has 0 amide bonds. The molecular weight excluding hydrogens is 244 g/mol. The number of hydrogen-bond acceptors (Lipinski definition) is 3. The van der Waals surface area contributed by atoms with E-state index in [9.17, 15) is 0 Å². The SMILES string of the molecule is CC(C)OC(C[SiH3])(OC(C)C)C1CCC2OC2C1. The zero-order valence-electron chi connectivity index (χ0n) is 12.4. The zero-order chi connectivity index (χ0) is 13.3. The van der Waals surface area contributed by atoms with Crippen molar-refractivity contribution in [3.63, 3.8) is 0 Å². The minimum atomic E-state index is -0.356. The van der Waals surface area contributed by atoms with Gasteiger partial charge in [0.15, 0.2) is 5.79 Å². The van der Waals surface area contributed by atoms with Gasteiger partial charge in [0.1, 0.15) is 0 Å². The lowest BCUT2D eigenvalue weighted by molar-refractivity contribution is -0.287. The fourth-order valence-corrected chi connectivity index (χ4v) is 4.19. The third-order valence-corrected chi connectivity index (χ3v) is 4.97. The highest BCUT2D eigenvalue weighted by molar-refractivity contribution is 6.09. The molecule has 18 heavy (non-hydrogen) atoms. The highest BCUT2D eigenvalue weighted by Crippen LogP contribution is 2.46. The Morgan fingerprint density at radius 3 is 2.17 bits per heavy atom. The number of rotatable bonds is 6. The zero-order valence-corrected chi connectivity index (χ0v) is 14.4. The van der Waals surface area contributed by atoms with E-state index in [4.69, 9.17) is 14.2 Å². The first-order chi connectivity index (χ1) is 8.47. The van der Waals surface area contributed by atoms with E-state index in [1.807, 2.05) is 0 Å².